The van der Waals surface area contributed by atoms with Crippen LogP contribution in [0.15, 0.2) is 6.20 Å². The molecule has 0 aliphatic carbocycles. The summed E-state index contributed by atoms with van der Waals surface area (Å²) in [6, 6.07) is 0. The Hall–Kier alpha value is -0.940. The van der Waals surface area contributed by atoms with Crippen LogP contribution in [0.25, 0.3) is 0 Å². The third-order valence-electron chi connectivity index (χ3n) is 2.47. The van der Waals surface area contributed by atoms with Gasteiger partial charge in [-0.1, -0.05) is 0 Å². The van der Waals surface area contributed by atoms with Gasteiger partial charge in [-0.05, 0) is 20.0 Å². The van der Waals surface area contributed by atoms with Crippen molar-refractivity contribution in [3.05, 3.63) is 16.1 Å². The molecule has 1 aromatic rings. The van der Waals surface area contributed by atoms with Crippen LogP contribution >= 0.6 is 11.3 Å². The van der Waals surface area contributed by atoms with Gasteiger partial charge in [0.1, 0.15) is 4.88 Å². The number of carboxylic acid groups (broad SMARTS) is 1. The van der Waals surface area contributed by atoms with Gasteiger partial charge in [0, 0.05) is 12.5 Å². The Morgan fingerprint density at radius 3 is 3.07 bits per heavy atom. The number of nitrogens with zero attached hydrogens (tertiary/aromatic N) is 2. The molecule has 2 heterocycles. The fourth-order valence-electron chi connectivity index (χ4n) is 1.71. The average molecular weight is 212 g/mol. The summed E-state index contributed by atoms with van der Waals surface area (Å²) in [5.41, 5.74) is 0. The summed E-state index contributed by atoms with van der Waals surface area (Å²) in [6.45, 7) is 2.07. The normalized spacial score (nSPS) is 22.8. The average Bonchev–Trinajstić information content (AvgIpc) is 2.70. The molecule has 0 bridgehead atoms. The van der Waals surface area contributed by atoms with Crippen molar-refractivity contribution in [3.63, 3.8) is 0 Å². The Morgan fingerprint density at radius 2 is 2.57 bits per heavy atom. The van der Waals surface area contributed by atoms with Crippen molar-refractivity contribution in [2.45, 2.75) is 12.3 Å². The lowest BCUT2D eigenvalue weighted by Crippen LogP contribution is -2.13. The fraction of sp³-hybridized carbons (Fsp3) is 0.556. The largest absolute Gasteiger partial charge is 0.477 e. The number of rotatable bonds is 2. The van der Waals surface area contributed by atoms with Crippen LogP contribution in [-0.2, 0) is 0 Å². The van der Waals surface area contributed by atoms with Crippen LogP contribution in [-0.4, -0.2) is 41.1 Å². The standard InChI is InChI=1S/C9H12N2O2S/c1-11-3-2-6(5-11)8-10-4-7(14-8)9(12)13/h4,6H,2-3,5H2,1H3,(H,12,13). The van der Waals surface area contributed by atoms with E-state index in [0.717, 1.165) is 24.5 Å². The van der Waals surface area contributed by atoms with E-state index in [-0.39, 0.29) is 0 Å². The van der Waals surface area contributed by atoms with Crippen molar-refractivity contribution in [2.75, 3.05) is 20.1 Å². The molecule has 0 amide bonds. The van der Waals surface area contributed by atoms with E-state index in [0.29, 0.717) is 10.8 Å². The van der Waals surface area contributed by atoms with Gasteiger partial charge in [-0.15, -0.1) is 11.3 Å². The van der Waals surface area contributed by atoms with Gasteiger partial charge in [0.25, 0.3) is 0 Å². The molecule has 1 atom stereocenters. The van der Waals surface area contributed by atoms with Gasteiger partial charge in [0.15, 0.2) is 0 Å². The molecule has 0 spiro atoms. The van der Waals surface area contributed by atoms with Crippen LogP contribution in [0.3, 0.4) is 0 Å². The van der Waals surface area contributed by atoms with Gasteiger partial charge in [0.05, 0.1) is 11.2 Å². The number of hydrogen-bond acceptors (Lipinski definition) is 4. The summed E-state index contributed by atoms with van der Waals surface area (Å²) in [4.78, 5) is 17.4. The lowest BCUT2D eigenvalue weighted by molar-refractivity contribution is 0.0702. The zero-order chi connectivity index (χ0) is 10.1. The van der Waals surface area contributed by atoms with Crippen LogP contribution in [0, 0.1) is 0 Å². The van der Waals surface area contributed by atoms with Crippen LogP contribution < -0.4 is 0 Å². The minimum absolute atomic E-state index is 0.342. The monoisotopic (exact) mass is 212 g/mol. The summed E-state index contributed by atoms with van der Waals surface area (Å²) in [7, 11) is 2.08. The summed E-state index contributed by atoms with van der Waals surface area (Å²) < 4.78 is 0. The lowest BCUT2D eigenvalue weighted by Gasteiger charge is -2.06. The van der Waals surface area contributed by atoms with Crippen LogP contribution in [0.4, 0.5) is 0 Å². The van der Waals surface area contributed by atoms with Crippen LogP contribution in [0.5, 0.6) is 0 Å². The number of aromatic carboxylic acids is 1. The Kier molecular flexibility index (Phi) is 2.52. The number of thiazole rings is 1. The second-order valence-electron chi connectivity index (χ2n) is 3.62. The molecule has 0 radical (unpaired) electrons. The first-order valence-electron chi connectivity index (χ1n) is 4.54. The molecular formula is C9H12N2O2S. The van der Waals surface area contributed by atoms with Crippen molar-refractivity contribution >= 4 is 17.3 Å². The topological polar surface area (TPSA) is 53.4 Å². The predicted molar refractivity (Wildman–Crippen MR) is 53.9 cm³/mol. The van der Waals surface area contributed by atoms with Gasteiger partial charge >= 0.3 is 5.97 Å². The van der Waals surface area contributed by atoms with Crippen molar-refractivity contribution in [1.29, 1.82) is 0 Å². The van der Waals surface area contributed by atoms with E-state index >= 15 is 0 Å². The van der Waals surface area contributed by atoms with E-state index in [1.165, 1.54) is 17.5 Å². The molecule has 1 saturated heterocycles. The van der Waals surface area contributed by atoms with Crippen molar-refractivity contribution < 1.29 is 9.90 Å². The fourth-order valence-corrected chi connectivity index (χ4v) is 2.59. The molecule has 5 heteroatoms. The molecule has 76 valence electrons. The van der Waals surface area contributed by atoms with Crippen molar-refractivity contribution in [1.82, 2.24) is 9.88 Å². The lowest BCUT2D eigenvalue weighted by atomic mass is 10.1. The van der Waals surface area contributed by atoms with Gasteiger partial charge in [-0.3, -0.25) is 0 Å². The Balaban J connectivity index is 2.13. The van der Waals surface area contributed by atoms with Crippen molar-refractivity contribution in [3.8, 4) is 0 Å². The molecule has 4 nitrogen and oxygen atoms in total. The first-order chi connectivity index (χ1) is 6.66. The van der Waals surface area contributed by atoms with Gasteiger partial charge in [-0.25, -0.2) is 9.78 Å². The maximum absolute atomic E-state index is 10.7. The van der Waals surface area contributed by atoms with Crippen LogP contribution in [0.1, 0.15) is 27.0 Å². The molecule has 1 aromatic heterocycles. The van der Waals surface area contributed by atoms with E-state index in [4.69, 9.17) is 5.11 Å². The smallest absolute Gasteiger partial charge is 0.347 e. The minimum Gasteiger partial charge on any atom is -0.477 e. The van der Waals surface area contributed by atoms with E-state index < -0.39 is 5.97 Å². The van der Waals surface area contributed by atoms with Crippen molar-refractivity contribution in [2.24, 2.45) is 0 Å². The van der Waals surface area contributed by atoms with E-state index in [9.17, 15) is 4.79 Å². The van der Waals surface area contributed by atoms with Crippen LogP contribution in [0.2, 0.25) is 0 Å². The predicted octanol–water partition coefficient (Wildman–Crippen LogP) is 1.26. The zero-order valence-electron chi connectivity index (χ0n) is 7.93. The SMILES string of the molecule is CN1CCC(c2ncc(C(=O)O)s2)C1. The van der Waals surface area contributed by atoms with Gasteiger partial charge < -0.3 is 10.0 Å². The first kappa shape index (κ1) is 9.61. The molecule has 2 rings (SSSR count). The van der Waals surface area contributed by atoms with E-state index in [1.54, 1.807) is 0 Å². The summed E-state index contributed by atoms with van der Waals surface area (Å²) in [5.74, 6) is -0.446. The summed E-state index contributed by atoms with van der Waals surface area (Å²) >= 11 is 1.30. The number of hydrogen-bond donors (Lipinski definition) is 1. The zero-order valence-corrected chi connectivity index (χ0v) is 8.75. The Morgan fingerprint density at radius 1 is 1.79 bits per heavy atom. The maximum atomic E-state index is 10.7. The highest BCUT2D eigenvalue weighted by Crippen LogP contribution is 2.29. The molecule has 1 N–H and O–H groups in total. The molecule has 1 aliphatic rings. The van der Waals surface area contributed by atoms with E-state index in [2.05, 4.69) is 16.9 Å². The van der Waals surface area contributed by atoms with Gasteiger partial charge in [0.2, 0.25) is 0 Å². The number of likely N-dealkylation sites (tertiary alicyclic amines) is 1. The Labute approximate surface area is 86.2 Å². The molecular weight excluding hydrogens is 200 g/mol. The molecule has 0 saturated carbocycles. The summed E-state index contributed by atoms with van der Waals surface area (Å²) in [6.07, 6.45) is 2.55. The third-order valence-corrected chi connectivity index (χ3v) is 3.62. The molecule has 0 aromatic carbocycles. The Bertz CT molecular complexity index is 350. The quantitative estimate of drug-likeness (QED) is 0.802. The second-order valence-corrected chi connectivity index (χ2v) is 4.68. The maximum Gasteiger partial charge on any atom is 0.347 e. The number of carbonyl (C=O) groups is 1. The molecule has 14 heavy (non-hydrogen) atoms. The van der Waals surface area contributed by atoms with E-state index in [1.807, 2.05) is 0 Å². The number of carboxylic acids is 1. The molecule has 1 fully saturated rings. The third kappa shape index (κ3) is 1.78. The summed E-state index contributed by atoms with van der Waals surface area (Å²) in [5, 5.41) is 9.72. The van der Waals surface area contributed by atoms with Gasteiger partial charge in [-0.2, -0.15) is 0 Å². The highest BCUT2D eigenvalue weighted by molar-refractivity contribution is 7.13. The number of likely N-dealkylation sites (N-methyl/N-ethyl adjacent to an activating group) is 1. The molecule has 1 unspecified atom stereocenters. The first-order valence-corrected chi connectivity index (χ1v) is 5.36. The minimum atomic E-state index is -0.875. The molecule has 1 aliphatic heterocycles. The highest BCUT2D eigenvalue weighted by atomic mass is 32.1. The highest BCUT2D eigenvalue weighted by Gasteiger charge is 2.24. The number of aromatic nitrogens is 1. The second kappa shape index (κ2) is 3.67.